The fourth-order valence-electron chi connectivity index (χ4n) is 3.11. The number of hydrogen-bond acceptors (Lipinski definition) is 7. The first-order valence-corrected chi connectivity index (χ1v) is 9.18. The molecular formula is C19H20FN7O2. The first-order valence-electron chi connectivity index (χ1n) is 9.18. The molecule has 4 rings (SSSR count). The highest BCUT2D eigenvalue weighted by molar-refractivity contribution is 5.90. The number of carbonyl (C=O) groups is 1. The molecule has 0 spiro atoms. The molecule has 9 nitrogen and oxygen atoms in total. The molecule has 0 N–H and O–H groups in total. The number of halogens is 1. The summed E-state index contributed by atoms with van der Waals surface area (Å²) in [5, 5.41) is 11.9. The van der Waals surface area contributed by atoms with Crippen LogP contribution < -0.4 is 9.80 Å². The Morgan fingerprint density at radius 1 is 1.31 bits per heavy atom. The Hall–Kier alpha value is -3.56. The van der Waals surface area contributed by atoms with Gasteiger partial charge in [-0.05, 0) is 42.0 Å². The third kappa shape index (κ3) is 3.60. The Bertz CT molecular complexity index is 1040. The molecule has 0 saturated carbocycles. The second-order valence-electron chi connectivity index (χ2n) is 6.73. The Balaban J connectivity index is 1.55. The first-order chi connectivity index (χ1) is 14.0. The molecule has 150 valence electrons. The lowest BCUT2D eigenvalue weighted by Gasteiger charge is -2.15. The number of aromatic nitrogens is 5. The van der Waals surface area contributed by atoms with E-state index in [4.69, 9.17) is 4.74 Å². The molecule has 10 heteroatoms. The van der Waals surface area contributed by atoms with E-state index in [1.807, 2.05) is 6.92 Å². The summed E-state index contributed by atoms with van der Waals surface area (Å²) in [7, 11) is 3.45. The van der Waals surface area contributed by atoms with Crippen molar-refractivity contribution in [2.45, 2.75) is 19.4 Å². The largest absolute Gasteiger partial charge is 0.444 e. The highest BCUT2D eigenvalue weighted by Gasteiger charge is 2.31. The van der Waals surface area contributed by atoms with Crippen LogP contribution in [0.25, 0.3) is 11.1 Å². The highest BCUT2D eigenvalue weighted by Crippen LogP contribution is 2.30. The third-order valence-electron chi connectivity index (χ3n) is 4.79. The predicted octanol–water partition coefficient (Wildman–Crippen LogP) is 2.91. The molecule has 0 unspecified atom stereocenters. The van der Waals surface area contributed by atoms with Gasteiger partial charge in [-0.2, -0.15) is 4.80 Å². The zero-order valence-corrected chi connectivity index (χ0v) is 16.3. The van der Waals surface area contributed by atoms with E-state index in [1.54, 1.807) is 49.5 Å². The van der Waals surface area contributed by atoms with E-state index in [0.29, 0.717) is 35.1 Å². The molecule has 1 fully saturated rings. The maximum Gasteiger partial charge on any atom is 0.414 e. The van der Waals surface area contributed by atoms with Gasteiger partial charge in [0.2, 0.25) is 0 Å². The maximum absolute atomic E-state index is 14.8. The zero-order valence-electron chi connectivity index (χ0n) is 16.3. The Morgan fingerprint density at radius 2 is 2.14 bits per heavy atom. The van der Waals surface area contributed by atoms with E-state index in [9.17, 15) is 9.18 Å². The quantitative estimate of drug-likeness (QED) is 0.654. The van der Waals surface area contributed by atoms with E-state index >= 15 is 0 Å². The second-order valence-corrected chi connectivity index (χ2v) is 6.73. The van der Waals surface area contributed by atoms with Crippen LogP contribution >= 0.6 is 0 Å². The van der Waals surface area contributed by atoms with Crippen molar-refractivity contribution < 1.29 is 13.9 Å². The topological polar surface area (TPSA) is 89.3 Å². The summed E-state index contributed by atoms with van der Waals surface area (Å²) >= 11 is 0. The molecule has 0 bridgehead atoms. The number of hydrogen-bond donors (Lipinski definition) is 0. The monoisotopic (exact) mass is 397 g/mol. The molecule has 1 amide bonds. The number of rotatable bonds is 5. The van der Waals surface area contributed by atoms with Gasteiger partial charge in [0.1, 0.15) is 17.7 Å². The molecule has 1 aromatic carbocycles. The smallest absolute Gasteiger partial charge is 0.414 e. The molecule has 3 heterocycles. The summed E-state index contributed by atoms with van der Waals surface area (Å²) in [6.45, 7) is 2.37. The van der Waals surface area contributed by atoms with E-state index in [-0.39, 0.29) is 6.10 Å². The standard InChI is InChI=1S/C19H20FN7O2/c1-4-14-11-27(19(28)29-14)13-6-7-15(16(20)9-13)12-5-8-17(21-10-12)25(2)18-22-24-26(3)23-18/h5-10,14H,4,11H2,1-3H3/t14-/m0/s1. The van der Waals surface area contributed by atoms with Crippen LogP contribution in [0.2, 0.25) is 0 Å². The van der Waals surface area contributed by atoms with Gasteiger partial charge in [0.25, 0.3) is 5.95 Å². The van der Waals surface area contributed by atoms with E-state index in [0.717, 1.165) is 6.42 Å². The Morgan fingerprint density at radius 3 is 2.72 bits per heavy atom. The van der Waals surface area contributed by atoms with Gasteiger partial charge in [0.15, 0.2) is 0 Å². The van der Waals surface area contributed by atoms with Gasteiger partial charge >= 0.3 is 6.09 Å². The molecule has 1 saturated heterocycles. The predicted molar refractivity (Wildman–Crippen MR) is 104 cm³/mol. The number of cyclic esters (lactones) is 1. The summed E-state index contributed by atoms with van der Waals surface area (Å²) in [4.78, 5) is 20.8. The lowest BCUT2D eigenvalue weighted by atomic mass is 10.1. The number of pyridine rings is 1. The molecule has 0 radical (unpaired) electrons. The van der Waals surface area contributed by atoms with Crippen LogP contribution in [0.3, 0.4) is 0 Å². The minimum atomic E-state index is -0.448. The Labute approximate surface area is 166 Å². The molecule has 1 aliphatic rings. The molecule has 1 atom stereocenters. The molecular weight excluding hydrogens is 377 g/mol. The number of amides is 1. The van der Waals surface area contributed by atoms with Crippen molar-refractivity contribution >= 4 is 23.5 Å². The van der Waals surface area contributed by atoms with E-state index in [2.05, 4.69) is 20.4 Å². The van der Waals surface area contributed by atoms with E-state index in [1.165, 1.54) is 15.8 Å². The van der Waals surface area contributed by atoms with Crippen molar-refractivity contribution in [3.05, 3.63) is 42.3 Å². The summed E-state index contributed by atoms with van der Waals surface area (Å²) < 4.78 is 20.0. The van der Waals surface area contributed by atoms with Gasteiger partial charge < -0.3 is 4.74 Å². The lowest BCUT2D eigenvalue weighted by Crippen LogP contribution is -2.24. The summed E-state index contributed by atoms with van der Waals surface area (Å²) in [6, 6.07) is 8.22. The average molecular weight is 397 g/mol. The summed E-state index contributed by atoms with van der Waals surface area (Å²) in [5.74, 6) is 0.573. The van der Waals surface area contributed by atoms with Crippen LogP contribution in [0, 0.1) is 5.82 Å². The lowest BCUT2D eigenvalue weighted by molar-refractivity contribution is 0.139. The Kier molecular flexibility index (Phi) is 4.83. The second kappa shape index (κ2) is 7.46. The van der Waals surface area contributed by atoms with Gasteiger partial charge in [0, 0.05) is 24.4 Å². The molecule has 3 aromatic rings. The van der Waals surface area contributed by atoms with Crippen molar-refractivity contribution in [1.29, 1.82) is 0 Å². The molecule has 0 aliphatic carbocycles. The number of anilines is 3. The third-order valence-corrected chi connectivity index (χ3v) is 4.79. The van der Waals surface area contributed by atoms with Crippen molar-refractivity contribution in [2.24, 2.45) is 7.05 Å². The SMILES string of the molecule is CC[C@H]1CN(c2ccc(-c3ccc(N(C)c4nnn(C)n4)nc3)c(F)c2)C(=O)O1. The van der Waals surface area contributed by atoms with Crippen LogP contribution in [0.15, 0.2) is 36.5 Å². The van der Waals surface area contributed by atoms with Crippen LogP contribution in [-0.2, 0) is 11.8 Å². The van der Waals surface area contributed by atoms with Gasteiger partial charge in [-0.1, -0.05) is 12.0 Å². The van der Waals surface area contributed by atoms with Crippen LogP contribution in [-0.4, -0.2) is 51.0 Å². The number of aryl methyl sites for hydroxylation is 1. The average Bonchev–Trinajstić information content (AvgIpc) is 3.33. The fourth-order valence-corrected chi connectivity index (χ4v) is 3.11. The minimum absolute atomic E-state index is 0.164. The van der Waals surface area contributed by atoms with Crippen molar-refractivity contribution in [3.63, 3.8) is 0 Å². The van der Waals surface area contributed by atoms with Gasteiger partial charge in [0.05, 0.1) is 19.3 Å². The molecule has 1 aliphatic heterocycles. The van der Waals surface area contributed by atoms with Gasteiger partial charge in [-0.3, -0.25) is 9.80 Å². The normalized spacial score (nSPS) is 16.2. The minimum Gasteiger partial charge on any atom is -0.444 e. The van der Waals surface area contributed by atoms with Crippen molar-refractivity contribution in [3.8, 4) is 11.1 Å². The maximum atomic E-state index is 14.8. The highest BCUT2D eigenvalue weighted by atomic mass is 19.1. The molecule has 2 aromatic heterocycles. The first kappa shape index (κ1) is 18.8. The van der Waals surface area contributed by atoms with E-state index < -0.39 is 11.9 Å². The number of tetrazole rings is 1. The van der Waals surface area contributed by atoms with Gasteiger partial charge in [-0.25, -0.2) is 14.2 Å². The van der Waals surface area contributed by atoms with Crippen molar-refractivity contribution in [2.75, 3.05) is 23.4 Å². The summed E-state index contributed by atoms with van der Waals surface area (Å²) in [6.07, 6.45) is 1.69. The van der Waals surface area contributed by atoms with Gasteiger partial charge in [-0.15, -0.1) is 5.10 Å². The van der Waals surface area contributed by atoms with Crippen molar-refractivity contribution in [1.82, 2.24) is 25.2 Å². The number of carbonyl (C=O) groups excluding carboxylic acids is 1. The zero-order chi connectivity index (χ0) is 20.5. The number of benzene rings is 1. The van der Waals surface area contributed by atoms with Crippen LogP contribution in [0.5, 0.6) is 0 Å². The summed E-state index contributed by atoms with van der Waals surface area (Å²) in [5.41, 5.74) is 1.49. The number of nitrogens with zero attached hydrogens (tertiary/aromatic N) is 7. The fraction of sp³-hybridized carbons (Fsp3) is 0.316. The van der Waals surface area contributed by atoms with Crippen LogP contribution in [0.1, 0.15) is 13.3 Å². The molecule has 29 heavy (non-hydrogen) atoms. The number of ether oxygens (including phenoxy) is 1. The van der Waals surface area contributed by atoms with Crippen LogP contribution in [0.4, 0.5) is 26.6 Å².